The summed E-state index contributed by atoms with van der Waals surface area (Å²) in [6.45, 7) is 11.9. The van der Waals surface area contributed by atoms with Gasteiger partial charge in [0.15, 0.2) is 0 Å². The Morgan fingerprint density at radius 3 is 0.647 bits per heavy atom. The zero-order chi connectivity index (χ0) is 14.7. The van der Waals surface area contributed by atoms with E-state index in [2.05, 4.69) is 13.6 Å². The normalized spacial score (nSPS) is 4.88. The first-order valence-electron chi connectivity index (χ1n) is 3.13. The van der Waals surface area contributed by atoms with E-state index in [0.29, 0.717) is 0 Å². The van der Waals surface area contributed by atoms with Crippen molar-refractivity contribution in [2.75, 3.05) is 0 Å². The zero-order valence-electron chi connectivity index (χ0n) is 9.10. The van der Waals surface area contributed by atoms with Crippen LogP contribution in [0.3, 0.4) is 0 Å². The second kappa shape index (κ2) is 47.3. The van der Waals surface area contributed by atoms with Gasteiger partial charge in [0.25, 0.3) is 13.6 Å². The van der Waals surface area contributed by atoms with Crippen molar-refractivity contribution in [3.63, 3.8) is 0 Å². The average Bonchev–Trinajstić information content (AvgIpc) is 2.07. The fourth-order valence-corrected chi connectivity index (χ4v) is 0. The number of hydrogen-bond acceptors (Lipinski definition) is 8. The number of aliphatic carboxylic acids is 3. The summed E-state index contributed by atoms with van der Waals surface area (Å²) < 4.78 is 0. The molecule has 4 radical (unpaired) electrons. The van der Waals surface area contributed by atoms with E-state index in [1.54, 1.807) is 0 Å². The maximum atomic E-state index is 8.89. The van der Waals surface area contributed by atoms with E-state index < -0.39 is 17.9 Å². The summed E-state index contributed by atoms with van der Waals surface area (Å²) >= 11 is 0. The van der Waals surface area contributed by atoms with Gasteiger partial charge >= 0.3 is 19.5 Å². The first-order valence-corrected chi connectivity index (χ1v) is 3.13. The monoisotopic (exact) mass is 336 g/mol. The number of hydrogen-bond donors (Lipinski definition) is 0. The Morgan fingerprint density at radius 1 is 0.647 bits per heavy atom. The predicted molar refractivity (Wildman–Crippen MR) is 43.4 cm³/mol. The van der Waals surface area contributed by atoms with Gasteiger partial charge in [-0.15, -0.1) is 0 Å². The van der Waals surface area contributed by atoms with Crippen LogP contribution in [0.15, 0.2) is 0 Å². The first kappa shape index (κ1) is 36.1. The molecule has 0 aromatic carbocycles. The molecule has 9 heteroatoms. The second-order valence-electron chi connectivity index (χ2n) is 1.47. The number of carbonyl (C=O) groups is 3. The molecule has 0 fully saturated rings. The predicted octanol–water partition coefficient (Wildman–Crippen LogP) is -4.53. The van der Waals surface area contributed by atoms with Gasteiger partial charge in [-0.3, -0.25) is 9.59 Å². The van der Waals surface area contributed by atoms with Crippen LogP contribution in [0.25, 0.3) is 0 Å². The van der Waals surface area contributed by atoms with Gasteiger partial charge in [0.2, 0.25) is 0 Å². The van der Waals surface area contributed by atoms with Crippen LogP contribution >= 0.6 is 0 Å². The van der Waals surface area contributed by atoms with Crippen molar-refractivity contribution in [1.29, 1.82) is 0 Å². The van der Waals surface area contributed by atoms with Gasteiger partial charge in [-0.25, -0.2) is 0 Å². The Labute approximate surface area is 111 Å². The van der Waals surface area contributed by atoms with Crippen molar-refractivity contribution >= 4 is 31.5 Å². The van der Waals surface area contributed by atoms with E-state index in [4.69, 9.17) is 39.3 Å². The molecule has 0 amide bonds. The largest absolute Gasteiger partial charge is 3.00 e. The number of carbonyl (C=O) groups excluding carboxylic acids is 5. The van der Waals surface area contributed by atoms with E-state index in [1.165, 1.54) is 0 Å². The van der Waals surface area contributed by atoms with Crippen LogP contribution in [0.1, 0.15) is 20.8 Å². The second-order valence-corrected chi connectivity index (χ2v) is 1.47. The molecular weight excluding hydrogens is 327 g/mol. The summed E-state index contributed by atoms with van der Waals surface area (Å²) in [7, 11) is 0. The SMILES string of the molecule is CC(=O)[O-].CC(=O)[O-].CC(=O)[O-].[C]=O.[C]=O.[Rh+3]. The fourth-order valence-electron chi connectivity index (χ4n) is 0. The molecule has 0 unspecified atom stereocenters. The summed E-state index contributed by atoms with van der Waals surface area (Å²) in [4.78, 5) is 41.7. The van der Waals surface area contributed by atoms with E-state index in [9.17, 15) is 0 Å². The Kier molecular flexibility index (Phi) is 101. The third-order valence-electron chi connectivity index (χ3n) is 0. The van der Waals surface area contributed by atoms with Crippen LogP contribution in [0.4, 0.5) is 0 Å². The Morgan fingerprint density at radius 2 is 0.647 bits per heavy atom. The Balaban J connectivity index is -0.0000000227. The van der Waals surface area contributed by atoms with E-state index >= 15 is 0 Å². The van der Waals surface area contributed by atoms with Crippen molar-refractivity contribution in [2.45, 2.75) is 20.8 Å². The standard InChI is InChI=1S/3C2H4O2.2CO.Rh/c3*1-2(3)4;2*1-2;/h3*1H3,(H,3,4);;;/q;;;;;+3/p-3. The third-order valence-corrected chi connectivity index (χ3v) is 0. The van der Waals surface area contributed by atoms with Crippen LogP contribution in [0.5, 0.6) is 0 Å². The van der Waals surface area contributed by atoms with Gasteiger partial charge in [0, 0.05) is 17.9 Å². The minimum atomic E-state index is -1.08. The van der Waals surface area contributed by atoms with Gasteiger partial charge in [0.05, 0.1) is 0 Å². The molecule has 0 atom stereocenters. The summed E-state index contributed by atoms with van der Waals surface area (Å²) in [6, 6.07) is 0. The molecule has 0 bridgehead atoms. The van der Waals surface area contributed by atoms with Crippen LogP contribution in [0.2, 0.25) is 0 Å². The molecular formula is C8H9O8Rh. The Bertz CT molecular complexity index is 140. The molecule has 0 N–H and O–H groups in total. The Hall–Kier alpha value is -1.63. The maximum absolute atomic E-state index is 8.89. The molecule has 0 saturated heterocycles. The molecule has 0 aliphatic rings. The van der Waals surface area contributed by atoms with Gasteiger partial charge in [-0.1, -0.05) is 0 Å². The summed E-state index contributed by atoms with van der Waals surface area (Å²) in [5, 5.41) is 26.7. The van der Waals surface area contributed by atoms with E-state index in [1.807, 2.05) is 0 Å². The quantitative estimate of drug-likeness (QED) is 0.401. The number of carboxylic acid groups (broad SMARTS) is 3. The summed E-state index contributed by atoms with van der Waals surface area (Å²) in [5.74, 6) is -3.25. The molecule has 8 nitrogen and oxygen atoms in total. The maximum Gasteiger partial charge on any atom is 3.00 e. The summed E-state index contributed by atoms with van der Waals surface area (Å²) in [6.07, 6.45) is 0. The molecule has 98 valence electrons. The molecule has 0 aliphatic carbocycles. The van der Waals surface area contributed by atoms with Crippen molar-refractivity contribution in [2.24, 2.45) is 0 Å². The van der Waals surface area contributed by atoms with Crippen molar-refractivity contribution in [3.8, 4) is 0 Å². The zero-order valence-corrected chi connectivity index (χ0v) is 10.7. The van der Waals surface area contributed by atoms with Crippen LogP contribution in [0, 0.1) is 0 Å². The van der Waals surface area contributed by atoms with Gasteiger partial charge in [-0.05, 0) is 20.8 Å². The van der Waals surface area contributed by atoms with E-state index in [0.717, 1.165) is 20.8 Å². The smallest absolute Gasteiger partial charge is 0.550 e. The van der Waals surface area contributed by atoms with Crippen molar-refractivity contribution < 1.29 is 58.8 Å². The molecule has 0 rings (SSSR count). The minimum Gasteiger partial charge on any atom is -0.550 e. The third kappa shape index (κ3) is 832. The van der Waals surface area contributed by atoms with Crippen LogP contribution in [-0.2, 0) is 43.5 Å². The first-order chi connectivity index (χ1) is 7.20. The average molecular weight is 336 g/mol. The molecule has 0 aromatic rings. The molecule has 17 heavy (non-hydrogen) atoms. The van der Waals surface area contributed by atoms with Crippen LogP contribution < -0.4 is 15.3 Å². The number of carboxylic acids is 3. The molecule has 0 spiro atoms. The van der Waals surface area contributed by atoms with E-state index in [-0.39, 0.29) is 19.5 Å². The molecule has 0 saturated carbocycles. The summed E-state index contributed by atoms with van der Waals surface area (Å²) in [5.41, 5.74) is 0. The van der Waals surface area contributed by atoms with Crippen molar-refractivity contribution in [3.05, 3.63) is 0 Å². The van der Waals surface area contributed by atoms with Crippen LogP contribution in [-0.4, -0.2) is 31.5 Å². The fraction of sp³-hybridized carbons (Fsp3) is 0.375. The molecule has 0 aromatic heterocycles. The topological polar surface area (TPSA) is 155 Å². The van der Waals surface area contributed by atoms with Gasteiger partial charge in [-0.2, -0.15) is 0 Å². The van der Waals surface area contributed by atoms with Crippen molar-refractivity contribution in [1.82, 2.24) is 0 Å². The molecule has 0 heterocycles. The minimum absolute atomic E-state index is 0. The number of rotatable bonds is 0. The molecule has 0 aliphatic heterocycles. The van der Waals surface area contributed by atoms with Gasteiger partial charge in [0.1, 0.15) is 0 Å². The van der Waals surface area contributed by atoms with Gasteiger partial charge < -0.3 is 29.7 Å².